The van der Waals surface area contributed by atoms with Crippen molar-refractivity contribution in [2.45, 2.75) is 56.9 Å². The van der Waals surface area contributed by atoms with E-state index in [1.54, 1.807) is 0 Å². The first-order valence-electron chi connectivity index (χ1n) is 6.82. The van der Waals surface area contributed by atoms with E-state index in [-0.39, 0.29) is 0 Å². The molecule has 2 N–H and O–H groups in total. The maximum absolute atomic E-state index is 12.6. The van der Waals surface area contributed by atoms with Crippen molar-refractivity contribution in [2.75, 3.05) is 0 Å². The van der Waals surface area contributed by atoms with Crippen LogP contribution in [0, 0.1) is 6.92 Å². The molecule has 0 radical (unpaired) electrons. The molecule has 1 atom stereocenters. The van der Waals surface area contributed by atoms with Gasteiger partial charge in [0, 0.05) is 0 Å². The van der Waals surface area contributed by atoms with Crippen molar-refractivity contribution in [3.8, 4) is 0 Å². The molecule has 0 saturated heterocycles. The second-order valence-electron chi connectivity index (χ2n) is 5.64. The molecule has 1 aromatic carbocycles. The van der Waals surface area contributed by atoms with Crippen LogP contribution in [0.2, 0.25) is 0 Å². The smallest absolute Gasteiger partial charge is 0.387 e. The summed E-state index contributed by atoms with van der Waals surface area (Å²) < 4.78 is 37.9. The van der Waals surface area contributed by atoms with Gasteiger partial charge in [0.05, 0.1) is 11.2 Å². The molecule has 112 valence electrons. The second kappa shape index (κ2) is 5.37. The largest absolute Gasteiger partial charge is 0.416 e. The van der Waals surface area contributed by atoms with Gasteiger partial charge in [0.25, 0.3) is 0 Å². The SMILES string of the molecule is Cc1cc(C(F)(F)F)ccc1C(O)C1(O)CCCCC1. The fourth-order valence-electron chi connectivity index (χ4n) is 2.89. The minimum atomic E-state index is -4.39. The first-order valence-corrected chi connectivity index (χ1v) is 6.82. The zero-order valence-corrected chi connectivity index (χ0v) is 11.4. The van der Waals surface area contributed by atoms with Gasteiger partial charge < -0.3 is 10.2 Å². The van der Waals surface area contributed by atoms with E-state index >= 15 is 0 Å². The van der Waals surface area contributed by atoms with E-state index in [1.807, 2.05) is 0 Å². The Hall–Kier alpha value is -1.07. The van der Waals surface area contributed by atoms with Gasteiger partial charge >= 0.3 is 6.18 Å². The van der Waals surface area contributed by atoms with Crippen LogP contribution >= 0.6 is 0 Å². The number of aliphatic hydroxyl groups excluding tert-OH is 1. The maximum atomic E-state index is 12.6. The predicted octanol–water partition coefficient (Wildman–Crippen LogP) is 3.74. The fraction of sp³-hybridized carbons (Fsp3) is 0.600. The Bertz CT molecular complexity index is 476. The molecule has 0 aromatic heterocycles. The molecule has 0 aliphatic heterocycles. The molecule has 0 spiro atoms. The van der Waals surface area contributed by atoms with Crippen LogP contribution in [0.4, 0.5) is 13.2 Å². The van der Waals surface area contributed by atoms with Gasteiger partial charge in [-0.2, -0.15) is 13.2 Å². The normalized spacial score (nSPS) is 20.7. The van der Waals surface area contributed by atoms with E-state index < -0.39 is 23.4 Å². The Labute approximate surface area is 116 Å². The van der Waals surface area contributed by atoms with Gasteiger partial charge in [-0.15, -0.1) is 0 Å². The van der Waals surface area contributed by atoms with Crippen molar-refractivity contribution in [3.63, 3.8) is 0 Å². The van der Waals surface area contributed by atoms with Gasteiger partial charge in [-0.05, 0) is 43.0 Å². The highest BCUT2D eigenvalue weighted by Gasteiger charge is 2.39. The van der Waals surface area contributed by atoms with Crippen molar-refractivity contribution < 1.29 is 23.4 Å². The highest BCUT2D eigenvalue weighted by Crippen LogP contribution is 2.40. The Morgan fingerprint density at radius 1 is 1.15 bits per heavy atom. The van der Waals surface area contributed by atoms with Crippen molar-refractivity contribution >= 4 is 0 Å². The summed E-state index contributed by atoms with van der Waals surface area (Å²) in [4.78, 5) is 0. The quantitative estimate of drug-likeness (QED) is 0.870. The van der Waals surface area contributed by atoms with E-state index in [0.29, 0.717) is 24.0 Å². The lowest BCUT2D eigenvalue weighted by Gasteiger charge is -2.37. The third-order valence-electron chi connectivity index (χ3n) is 4.12. The third kappa shape index (κ3) is 2.99. The monoisotopic (exact) mass is 288 g/mol. The molecule has 1 aliphatic carbocycles. The molecule has 2 rings (SSSR count). The maximum Gasteiger partial charge on any atom is 0.416 e. The van der Waals surface area contributed by atoms with E-state index in [0.717, 1.165) is 31.4 Å². The molecule has 1 unspecified atom stereocenters. The molecule has 20 heavy (non-hydrogen) atoms. The zero-order chi connectivity index (χ0) is 15.0. The lowest BCUT2D eigenvalue weighted by Crippen LogP contribution is -2.38. The number of aryl methyl sites for hydroxylation is 1. The van der Waals surface area contributed by atoms with Crippen LogP contribution < -0.4 is 0 Å². The number of aliphatic hydroxyl groups is 2. The Balaban J connectivity index is 2.28. The summed E-state index contributed by atoms with van der Waals surface area (Å²) in [5.41, 5.74) is -1.22. The number of hydrogen-bond donors (Lipinski definition) is 2. The van der Waals surface area contributed by atoms with Crippen molar-refractivity contribution in [1.29, 1.82) is 0 Å². The molecule has 2 nitrogen and oxygen atoms in total. The van der Waals surface area contributed by atoms with E-state index in [1.165, 1.54) is 13.0 Å². The van der Waals surface area contributed by atoms with Crippen LogP contribution in [0.5, 0.6) is 0 Å². The van der Waals surface area contributed by atoms with Crippen LogP contribution in [0.25, 0.3) is 0 Å². The topological polar surface area (TPSA) is 40.5 Å². The number of benzene rings is 1. The van der Waals surface area contributed by atoms with Gasteiger partial charge in [-0.3, -0.25) is 0 Å². The van der Waals surface area contributed by atoms with Gasteiger partial charge in [0.15, 0.2) is 0 Å². The van der Waals surface area contributed by atoms with Crippen LogP contribution in [0.3, 0.4) is 0 Å². The number of rotatable bonds is 2. The molecule has 1 aliphatic rings. The first kappa shape index (κ1) is 15.3. The van der Waals surface area contributed by atoms with Crippen molar-refractivity contribution in [1.82, 2.24) is 0 Å². The highest BCUT2D eigenvalue weighted by molar-refractivity contribution is 5.35. The second-order valence-corrected chi connectivity index (χ2v) is 5.64. The minimum absolute atomic E-state index is 0.353. The summed E-state index contributed by atoms with van der Waals surface area (Å²) in [5.74, 6) is 0. The average molecular weight is 288 g/mol. The molecule has 0 bridgehead atoms. The Morgan fingerprint density at radius 3 is 2.25 bits per heavy atom. The van der Waals surface area contributed by atoms with Gasteiger partial charge in [0.2, 0.25) is 0 Å². The van der Waals surface area contributed by atoms with Crippen LogP contribution in [0.15, 0.2) is 18.2 Å². The molecular formula is C15H19F3O2. The molecular weight excluding hydrogens is 269 g/mol. The summed E-state index contributed by atoms with van der Waals surface area (Å²) >= 11 is 0. The summed E-state index contributed by atoms with van der Waals surface area (Å²) in [6.45, 7) is 1.53. The summed E-state index contributed by atoms with van der Waals surface area (Å²) in [6.07, 6.45) is -1.90. The van der Waals surface area contributed by atoms with Gasteiger partial charge in [-0.25, -0.2) is 0 Å². The standard InChI is InChI=1S/C15H19F3O2/c1-10-9-11(15(16,17)18)5-6-12(10)13(19)14(20)7-3-2-4-8-14/h5-6,9,13,19-20H,2-4,7-8H2,1H3. The first-order chi connectivity index (χ1) is 9.24. The van der Waals surface area contributed by atoms with Crippen LogP contribution in [-0.4, -0.2) is 15.8 Å². The van der Waals surface area contributed by atoms with E-state index in [2.05, 4.69) is 0 Å². The molecule has 1 saturated carbocycles. The molecule has 1 aromatic rings. The van der Waals surface area contributed by atoms with E-state index in [4.69, 9.17) is 0 Å². The average Bonchev–Trinajstić information content (AvgIpc) is 2.37. The lowest BCUT2D eigenvalue weighted by atomic mass is 9.77. The van der Waals surface area contributed by atoms with Crippen molar-refractivity contribution in [3.05, 3.63) is 34.9 Å². The van der Waals surface area contributed by atoms with Crippen LogP contribution in [0.1, 0.15) is 54.9 Å². The van der Waals surface area contributed by atoms with Gasteiger partial charge in [-0.1, -0.05) is 25.3 Å². The fourth-order valence-corrected chi connectivity index (χ4v) is 2.89. The highest BCUT2D eigenvalue weighted by atomic mass is 19.4. The Morgan fingerprint density at radius 2 is 1.75 bits per heavy atom. The summed E-state index contributed by atoms with van der Waals surface area (Å²) in [6, 6.07) is 3.25. The van der Waals surface area contributed by atoms with Crippen molar-refractivity contribution in [2.24, 2.45) is 0 Å². The number of halogens is 3. The summed E-state index contributed by atoms with van der Waals surface area (Å²) in [5, 5.41) is 20.8. The third-order valence-corrected chi connectivity index (χ3v) is 4.12. The Kier molecular flexibility index (Phi) is 4.12. The molecule has 1 fully saturated rings. The predicted molar refractivity (Wildman–Crippen MR) is 69.2 cm³/mol. The van der Waals surface area contributed by atoms with Gasteiger partial charge in [0.1, 0.15) is 6.10 Å². The lowest BCUT2D eigenvalue weighted by molar-refractivity contribution is -0.137. The number of alkyl halides is 3. The van der Waals surface area contributed by atoms with Crippen LogP contribution in [-0.2, 0) is 6.18 Å². The zero-order valence-electron chi connectivity index (χ0n) is 11.4. The molecule has 5 heteroatoms. The summed E-state index contributed by atoms with van der Waals surface area (Å²) in [7, 11) is 0. The minimum Gasteiger partial charge on any atom is -0.387 e. The molecule has 0 amide bonds. The number of hydrogen-bond acceptors (Lipinski definition) is 2. The van der Waals surface area contributed by atoms with E-state index in [9.17, 15) is 23.4 Å². The molecule has 0 heterocycles.